The maximum Gasteiger partial charge on any atom is 1.00 e. The molecular weight excluding hydrogens is 411 g/mol. The molecule has 0 radical (unpaired) electrons. The molecule has 156 valence electrons. The van der Waals surface area contributed by atoms with Gasteiger partial charge < -0.3 is 27.5 Å². The molecule has 1 aliphatic rings. The normalized spacial score (nSPS) is 15.1. The summed E-state index contributed by atoms with van der Waals surface area (Å²) in [6, 6.07) is 0. The van der Waals surface area contributed by atoms with E-state index >= 15 is 0 Å². The summed E-state index contributed by atoms with van der Waals surface area (Å²) in [5.74, 6) is 0. The van der Waals surface area contributed by atoms with Gasteiger partial charge in [-0.05, 0) is 47.1 Å². The second-order valence-corrected chi connectivity index (χ2v) is 8.20. The molecule has 0 aromatic heterocycles. The summed E-state index contributed by atoms with van der Waals surface area (Å²) >= 11 is 0. The van der Waals surface area contributed by atoms with Crippen molar-refractivity contribution in [3.8, 4) is 0 Å². The number of rotatable bonds is 3. The number of ether oxygens (including phenoxy) is 1. The predicted molar refractivity (Wildman–Crippen MR) is 105 cm³/mol. The summed E-state index contributed by atoms with van der Waals surface area (Å²) in [5.41, 5.74) is -0.125. The van der Waals surface area contributed by atoms with E-state index in [0.29, 0.717) is 43.7 Å². The van der Waals surface area contributed by atoms with Crippen molar-refractivity contribution in [2.75, 3.05) is 31.1 Å². The summed E-state index contributed by atoms with van der Waals surface area (Å²) in [4.78, 5) is 27.1. The Balaban J connectivity index is 0.00000420. The van der Waals surface area contributed by atoms with Gasteiger partial charge in [-0.3, -0.25) is 4.79 Å². The third kappa shape index (κ3) is 6.00. The zero-order valence-corrected chi connectivity index (χ0v) is 21.4. The van der Waals surface area contributed by atoms with Gasteiger partial charge in [0.25, 0.3) is 0 Å². The number of halogens is 3. The minimum Gasteiger partial charge on any atom is -0.445 e. The summed E-state index contributed by atoms with van der Waals surface area (Å²) in [5, 5.41) is 0. The molecule has 10 heteroatoms. The van der Waals surface area contributed by atoms with Crippen LogP contribution >= 0.6 is 0 Å². The van der Waals surface area contributed by atoms with Crippen molar-refractivity contribution >= 4 is 30.5 Å². The topological polar surface area (TPSA) is 49.9 Å². The van der Waals surface area contributed by atoms with Gasteiger partial charge in [0.1, 0.15) is 5.60 Å². The Kier molecular flexibility index (Phi) is 8.88. The van der Waals surface area contributed by atoms with E-state index in [2.05, 4.69) is 0 Å². The Morgan fingerprint density at radius 1 is 1.00 bits per heavy atom. The van der Waals surface area contributed by atoms with Gasteiger partial charge in [-0.1, -0.05) is 16.6 Å². The van der Waals surface area contributed by atoms with Gasteiger partial charge >= 0.3 is 64.5 Å². The molecule has 5 nitrogen and oxygen atoms in total. The van der Waals surface area contributed by atoms with Crippen LogP contribution in [0, 0.1) is 20.8 Å². The largest absolute Gasteiger partial charge is 1.00 e. The van der Waals surface area contributed by atoms with Gasteiger partial charge in [0, 0.05) is 37.4 Å². The molecule has 2 rings (SSSR count). The van der Waals surface area contributed by atoms with Gasteiger partial charge in [0.2, 0.25) is 0 Å². The molecule has 0 N–H and O–H groups in total. The van der Waals surface area contributed by atoms with Crippen molar-refractivity contribution < 1.29 is 78.7 Å². The SMILES string of the molecule is Cc1c(C=O)c(C)c([B-](F)(F)F)c(C)c1N1CCN(C(=O)OC(C)(C)C)CC1.[K+]. The van der Waals surface area contributed by atoms with Crippen LogP contribution < -0.4 is 61.7 Å². The summed E-state index contributed by atoms with van der Waals surface area (Å²) in [7, 11) is 0. The van der Waals surface area contributed by atoms with Crippen molar-refractivity contribution in [1.82, 2.24) is 4.90 Å². The molecule has 0 atom stereocenters. The van der Waals surface area contributed by atoms with Crippen LogP contribution in [0.5, 0.6) is 0 Å². The van der Waals surface area contributed by atoms with E-state index in [1.165, 1.54) is 13.8 Å². The Hall–Kier alpha value is -0.549. The van der Waals surface area contributed by atoms with Crippen LogP contribution in [0.1, 0.15) is 47.8 Å². The van der Waals surface area contributed by atoms with Crippen LogP contribution in [0.15, 0.2) is 0 Å². The van der Waals surface area contributed by atoms with Crippen LogP contribution in [-0.4, -0.2) is 56.0 Å². The fraction of sp³-hybridized carbons (Fsp3) is 0.579. The first-order chi connectivity index (χ1) is 12.8. The van der Waals surface area contributed by atoms with Crippen molar-refractivity contribution in [1.29, 1.82) is 0 Å². The van der Waals surface area contributed by atoms with Gasteiger partial charge in [-0.15, -0.1) is 0 Å². The average molecular weight is 438 g/mol. The summed E-state index contributed by atoms with van der Waals surface area (Å²) in [6.45, 7) is 5.97. The molecule has 1 fully saturated rings. The number of nitrogens with zero attached hydrogens (tertiary/aromatic N) is 2. The van der Waals surface area contributed by atoms with E-state index in [1.807, 2.05) is 4.90 Å². The van der Waals surface area contributed by atoms with E-state index in [1.54, 1.807) is 32.6 Å². The molecule has 0 aliphatic carbocycles. The molecule has 1 heterocycles. The van der Waals surface area contributed by atoms with Crippen LogP contribution in [-0.2, 0) is 4.74 Å². The number of carbonyl (C=O) groups excluding carboxylic acids is 2. The zero-order chi connectivity index (χ0) is 21.4. The smallest absolute Gasteiger partial charge is 0.445 e. The Bertz CT molecular complexity index is 787. The van der Waals surface area contributed by atoms with E-state index in [4.69, 9.17) is 4.74 Å². The van der Waals surface area contributed by atoms with E-state index in [9.17, 15) is 22.5 Å². The fourth-order valence-corrected chi connectivity index (χ4v) is 3.83. The molecule has 0 unspecified atom stereocenters. The van der Waals surface area contributed by atoms with Crippen LogP contribution in [0.25, 0.3) is 0 Å². The third-order valence-electron chi connectivity index (χ3n) is 5.02. The Morgan fingerprint density at radius 3 is 1.93 bits per heavy atom. The number of hydrogen-bond acceptors (Lipinski definition) is 4. The number of amides is 1. The van der Waals surface area contributed by atoms with Crippen molar-refractivity contribution in [3.63, 3.8) is 0 Å². The number of aldehydes is 1. The Labute approximate surface area is 212 Å². The van der Waals surface area contributed by atoms with Crippen molar-refractivity contribution in [3.05, 3.63) is 22.3 Å². The van der Waals surface area contributed by atoms with Crippen LogP contribution in [0.3, 0.4) is 0 Å². The van der Waals surface area contributed by atoms with Crippen molar-refractivity contribution in [2.45, 2.75) is 47.1 Å². The first-order valence-electron chi connectivity index (χ1n) is 9.29. The maximum atomic E-state index is 13.7. The maximum absolute atomic E-state index is 13.7. The molecule has 0 saturated carbocycles. The zero-order valence-electron chi connectivity index (χ0n) is 18.2. The first kappa shape index (κ1) is 26.5. The minimum atomic E-state index is -5.25. The van der Waals surface area contributed by atoms with Gasteiger partial charge in [-0.25, -0.2) is 4.79 Å². The first-order valence-corrected chi connectivity index (χ1v) is 9.29. The number of piperazine rings is 1. The molecule has 29 heavy (non-hydrogen) atoms. The Morgan fingerprint density at radius 2 is 1.52 bits per heavy atom. The van der Waals surface area contributed by atoms with Crippen LogP contribution in [0.4, 0.5) is 23.4 Å². The average Bonchev–Trinajstić information content (AvgIpc) is 2.52. The molecule has 1 aromatic carbocycles. The standard InChI is InChI=1S/C19H27BF3N2O3.K/c1-12-15(11-26)13(2)17(14(3)16(12)20(21,22)23)24-7-9-25(10-8-24)18(27)28-19(4,5)6;/h11H,7-10H2,1-6H3;/q-1;+1. The minimum absolute atomic E-state index is 0. The van der Waals surface area contributed by atoms with Gasteiger partial charge in [0.05, 0.1) is 0 Å². The molecule has 0 bridgehead atoms. The summed E-state index contributed by atoms with van der Waals surface area (Å²) < 4.78 is 46.4. The van der Waals surface area contributed by atoms with Gasteiger partial charge in [0.15, 0.2) is 6.29 Å². The number of benzene rings is 1. The van der Waals surface area contributed by atoms with E-state index in [0.717, 1.165) is 0 Å². The molecule has 1 aromatic rings. The second kappa shape index (κ2) is 9.72. The quantitative estimate of drug-likeness (QED) is 0.511. The van der Waals surface area contributed by atoms with E-state index < -0.39 is 24.1 Å². The van der Waals surface area contributed by atoms with E-state index in [-0.39, 0.29) is 68.1 Å². The number of hydrogen-bond donors (Lipinski definition) is 0. The summed E-state index contributed by atoms with van der Waals surface area (Å²) in [6.07, 6.45) is 0.0629. The second-order valence-electron chi connectivity index (χ2n) is 8.20. The number of anilines is 1. The van der Waals surface area contributed by atoms with Crippen molar-refractivity contribution in [2.24, 2.45) is 0 Å². The van der Waals surface area contributed by atoms with Gasteiger partial charge in [-0.2, -0.15) is 0 Å². The molecule has 1 amide bonds. The molecule has 1 aliphatic heterocycles. The third-order valence-corrected chi connectivity index (χ3v) is 5.02. The number of carbonyl (C=O) groups is 2. The fourth-order valence-electron chi connectivity index (χ4n) is 3.83. The molecule has 0 spiro atoms. The predicted octanol–water partition coefficient (Wildman–Crippen LogP) is 0.540. The molecule has 1 saturated heterocycles. The monoisotopic (exact) mass is 438 g/mol. The van der Waals surface area contributed by atoms with Crippen LogP contribution in [0.2, 0.25) is 0 Å². The molecular formula is C19H27BF3KN2O3.